The molecule has 0 amide bonds. The molecule has 0 unspecified atom stereocenters. The number of aliphatic hydroxyl groups is 2. The van der Waals surface area contributed by atoms with Crippen LogP contribution in [0.3, 0.4) is 0 Å². The molecule has 0 spiro atoms. The van der Waals surface area contributed by atoms with Crippen molar-refractivity contribution < 1.29 is 10.2 Å². The molecular weight excluding hydrogens is 104 g/mol. The lowest BCUT2D eigenvalue weighted by atomic mass is 10.2. The lowest BCUT2D eigenvalue weighted by molar-refractivity contribution is 0.105. The zero-order valence-electron chi connectivity index (χ0n) is 4.59. The Morgan fingerprint density at radius 1 is 1.50 bits per heavy atom. The van der Waals surface area contributed by atoms with Gasteiger partial charge in [-0.15, -0.1) is 6.58 Å². The van der Waals surface area contributed by atoms with Gasteiger partial charge in [0.15, 0.2) is 0 Å². The summed E-state index contributed by atoms with van der Waals surface area (Å²) in [5.41, 5.74) is 0.292. The highest BCUT2D eigenvalue weighted by Crippen LogP contribution is 2.07. The Bertz CT molecular complexity index is 94.7. The van der Waals surface area contributed by atoms with E-state index in [9.17, 15) is 0 Å². The molecule has 2 N–H and O–H groups in total. The minimum Gasteiger partial charge on any atom is -0.358 e. The zero-order chi connectivity index (χ0) is 6.57. The van der Waals surface area contributed by atoms with Crippen molar-refractivity contribution in [1.29, 1.82) is 0 Å². The predicted octanol–water partition coefficient (Wildman–Crippen LogP) is 1.35. The van der Waals surface area contributed by atoms with E-state index >= 15 is 0 Å². The van der Waals surface area contributed by atoms with Crippen molar-refractivity contribution in [3.05, 3.63) is 31.1 Å². The Balaban J connectivity index is 3.48. The van der Waals surface area contributed by atoms with Gasteiger partial charge in [-0.2, -0.15) is 0 Å². The Kier molecular flexibility index (Phi) is 3.15. The summed E-state index contributed by atoms with van der Waals surface area (Å²) in [5.74, 6) is 0. The third-order valence-electron chi connectivity index (χ3n) is 0.707. The highest BCUT2D eigenvalue weighted by molar-refractivity contribution is 5.10. The van der Waals surface area contributed by atoms with Crippen molar-refractivity contribution in [2.75, 3.05) is 0 Å². The third-order valence-corrected chi connectivity index (χ3v) is 0.707. The number of allylic oxidation sites excluding steroid dienone is 1. The molecule has 0 bridgehead atoms. The van der Waals surface area contributed by atoms with E-state index in [0.717, 1.165) is 0 Å². The van der Waals surface area contributed by atoms with E-state index in [-0.39, 0.29) is 0 Å². The summed E-state index contributed by atoms with van der Waals surface area (Å²) in [6, 6.07) is 0. The summed E-state index contributed by atoms with van der Waals surface area (Å²) < 4.78 is 0. The van der Waals surface area contributed by atoms with Crippen molar-refractivity contribution in [1.82, 2.24) is 0 Å². The molecule has 1 radical (unpaired) electrons. The van der Waals surface area contributed by atoms with E-state index in [1.165, 1.54) is 0 Å². The van der Waals surface area contributed by atoms with Gasteiger partial charge in [0.05, 0.1) is 0 Å². The standard InChI is InChI=1S/C6H9O2/c1-3-4-5(2)6(7)8/h3,7-8H,1-2,4H2. The number of hydrogen-bond acceptors (Lipinski definition) is 2. The maximum atomic E-state index is 8.28. The maximum Gasteiger partial charge on any atom is 0.246 e. The first-order valence-electron chi connectivity index (χ1n) is 2.22. The summed E-state index contributed by atoms with van der Waals surface area (Å²) in [6.45, 7) is 6.72. The molecule has 0 rings (SSSR count). The number of rotatable bonds is 3. The van der Waals surface area contributed by atoms with E-state index in [2.05, 4.69) is 13.2 Å². The van der Waals surface area contributed by atoms with Crippen LogP contribution in [0.5, 0.6) is 0 Å². The second-order valence-corrected chi connectivity index (χ2v) is 1.42. The Morgan fingerprint density at radius 3 is 2.12 bits per heavy atom. The van der Waals surface area contributed by atoms with Crippen molar-refractivity contribution in [2.24, 2.45) is 0 Å². The van der Waals surface area contributed by atoms with Crippen LogP contribution in [-0.4, -0.2) is 10.2 Å². The first-order valence-corrected chi connectivity index (χ1v) is 2.22. The molecule has 0 aromatic rings. The third kappa shape index (κ3) is 2.55. The molecule has 2 heteroatoms. The van der Waals surface area contributed by atoms with Gasteiger partial charge in [0.2, 0.25) is 6.29 Å². The van der Waals surface area contributed by atoms with E-state index in [1.54, 1.807) is 6.08 Å². The largest absolute Gasteiger partial charge is 0.358 e. The topological polar surface area (TPSA) is 40.5 Å². The normalized spacial score (nSPS) is 9.38. The van der Waals surface area contributed by atoms with Crippen LogP contribution in [0, 0.1) is 6.29 Å². The van der Waals surface area contributed by atoms with Crippen LogP contribution in [0.1, 0.15) is 6.42 Å². The molecule has 0 atom stereocenters. The van der Waals surface area contributed by atoms with Gasteiger partial charge in [0, 0.05) is 0 Å². The smallest absolute Gasteiger partial charge is 0.246 e. The minimum atomic E-state index is -0.704. The Morgan fingerprint density at radius 2 is 2.00 bits per heavy atom. The fraction of sp³-hybridized carbons (Fsp3) is 0.167. The fourth-order valence-corrected chi connectivity index (χ4v) is 0.266. The van der Waals surface area contributed by atoms with Crippen LogP contribution in [0.15, 0.2) is 24.8 Å². The van der Waals surface area contributed by atoms with Gasteiger partial charge in [0.1, 0.15) is 0 Å². The number of hydrogen-bond donors (Lipinski definition) is 2. The Hall–Kier alpha value is -0.600. The average molecular weight is 113 g/mol. The van der Waals surface area contributed by atoms with Crippen LogP contribution in [0.25, 0.3) is 0 Å². The fourth-order valence-electron chi connectivity index (χ4n) is 0.266. The van der Waals surface area contributed by atoms with E-state index in [0.29, 0.717) is 12.0 Å². The molecule has 45 valence electrons. The van der Waals surface area contributed by atoms with E-state index < -0.39 is 6.29 Å². The van der Waals surface area contributed by atoms with E-state index in [4.69, 9.17) is 10.2 Å². The molecular formula is C6H9O2. The minimum absolute atomic E-state index is 0.292. The van der Waals surface area contributed by atoms with E-state index in [1.807, 2.05) is 0 Å². The first-order chi connectivity index (χ1) is 3.68. The lowest BCUT2D eigenvalue weighted by Gasteiger charge is -1.99. The molecule has 2 nitrogen and oxygen atoms in total. The molecule has 0 fully saturated rings. The SMILES string of the molecule is C=CCC(=C)[C](O)O. The molecule has 0 heterocycles. The van der Waals surface area contributed by atoms with Gasteiger partial charge in [-0.1, -0.05) is 12.7 Å². The summed E-state index contributed by atoms with van der Waals surface area (Å²) in [5, 5.41) is 16.6. The predicted molar refractivity (Wildman–Crippen MR) is 31.1 cm³/mol. The zero-order valence-corrected chi connectivity index (χ0v) is 4.59. The average Bonchev–Trinajstić information content (AvgIpc) is 1.67. The van der Waals surface area contributed by atoms with Crippen LogP contribution < -0.4 is 0 Å². The van der Waals surface area contributed by atoms with Crippen LogP contribution in [0.4, 0.5) is 0 Å². The van der Waals surface area contributed by atoms with Gasteiger partial charge < -0.3 is 10.2 Å². The van der Waals surface area contributed by atoms with Crippen LogP contribution in [-0.2, 0) is 0 Å². The van der Waals surface area contributed by atoms with Gasteiger partial charge in [-0.3, -0.25) is 0 Å². The Labute approximate surface area is 48.8 Å². The van der Waals surface area contributed by atoms with Crippen molar-refractivity contribution in [3.8, 4) is 0 Å². The second kappa shape index (κ2) is 3.41. The first kappa shape index (κ1) is 7.40. The highest BCUT2D eigenvalue weighted by atomic mass is 16.5. The van der Waals surface area contributed by atoms with Crippen LogP contribution >= 0.6 is 0 Å². The molecule has 0 aromatic heterocycles. The molecule has 0 aromatic carbocycles. The highest BCUT2D eigenvalue weighted by Gasteiger charge is 2.01. The van der Waals surface area contributed by atoms with Crippen molar-refractivity contribution in [2.45, 2.75) is 6.42 Å². The lowest BCUT2D eigenvalue weighted by Crippen LogP contribution is -1.94. The van der Waals surface area contributed by atoms with Gasteiger partial charge in [0.25, 0.3) is 0 Å². The van der Waals surface area contributed by atoms with Gasteiger partial charge >= 0.3 is 0 Å². The van der Waals surface area contributed by atoms with Gasteiger partial charge in [-0.25, -0.2) is 0 Å². The van der Waals surface area contributed by atoms with Crippen molar-refractivity contribution >= 4 is 0 Å². The second-order valence-electron chi connectivity index (χ2n) is 1.42. The molecule has 0 saturated carbocycles. The summed E-state index contributed by atoms with van der Waals surface area (Å²) >= 11 is 0. The monoisotopic (exact) mass is 113 g/mol. The molecule has 0 aliphatic rings. The van der Waals surface area contributed by atoms with Crippen molar-refractivity contribution in [3.63, 3.8) is 0 Å². The van der Waals surface area contributed by atoms with Gasteiger partial charge in [-0.05, 0) is 12.0 Å². The molecule has 0 aliphatic heterocycles. The number of aliphatic hydroxyl groups excluding tert-OH is 1. The quantitative estimate of drug-likeness (QED) is 0.542. The van der Waals surface area contributed by atoms with Crippen LogP contribution in [0.2, 0.25) is 0 Å². The molecule has 8 heavy (non-hydrogen) atoms. The summed E-state index contributed by atoms with van der Waals surface area (Å²) in [7, 11) is 0. The summed E-state index contributed by atoms with van der Waals surface area (Å²) in [4.78, 5) is 0. The maximum absolute atomic E-state index is 8.28. The summed E-state index contributed by atoms with van der Waals surface area (Å²) in [6.07, 6.45) is 1.27. The molecule has 0 aliphatic carbocycles. The molecule has 0 saturated heterocycles.